The topological polar surface area (TPSA) is 42.4 Å². The standard InChI is InChI=1S/C10H12N2O2/c1-7-5-9-8(6-11-7)12(2)10(13)3-4-14-9/h5-6H,3-4H2,1-2H3. The quantitative estimate of drug-likeness (QED) is 0.619. The molecular weight excluding hydrogens is 180 g/mol. The van der Waals surface area contributed by atoms with Gasteiger partial charge in [-0.1, -0.05) is 0 Å². The monoisotopic (exact) mass is 192 g/mol. The molecule has 1 aliphatic heterocycles. The van der Waals surface area contributed by atoms with Crippen molar-refractivity contribution in [3.63, 3.8) is 0 Å². The molecule has 1 aliphatic rings. The Kier molecular flexibility index (Phi) is 2.11. The first kappa shape index (κ1) is 8.99. The van der Waals surface area contributed by atoms with E-state index in [1.165, 1.54) is 0 Å². The van der Waals surface area contributed by atoms with Gasteiger partial charge in [-0.25, -0.2) is 0 Å². The van der Waals surface area contributed by atoms with Crippen LogP contribution in [0.15, 0.2) is 12.3 Å². The maximum Gasteiger partial charge on any atom is 0.230 e. The minimum absolute atomic E-state index is 0.0643. The van der Waals surface area contributed by atoms with Crippen LogP contribution in [0.5, 0.6) is 5.75 Å². The van der Waals surface area contributed by atoms with E-state index in [1.807, 2.05) is 13.0 Å². The molecule has 1 aromatic rings. The average Bonchev–Trinajstić information content (AvgIpc) is 2.28. The molecule has 74 valence electrons. The summed E-state index contributed by atoms with van der Waals surface area (Å²) >= 11 is 0. The second-order valence-electron chi connectivity index (χ2n) is 3.34. The highest BCUT2D eigenvalue weighted by Crippen LogP contribution is 2.29. The molecule has 0 N–H and O–H groups in total. The van der Waals surface area contributed by atoms with E-state index in [1.54, 1.807) is 18.1 Å². The van der Waals surface area contributed by atoms with E-state index in [2.05, 4.69) is 4.98 Å². The number of carbonyl (C=O) groups excluding carboxylic acids is 1. The van der Waals surface area contributed by atoms with Gasteiger partial charge >= 0.3 is 0 Å². The molecule has 0 radical (unpaired) electrons. The minimum atomic E-state index is 0.0643. The van der Waals surface area contributed by atoms with E-state index >= 15 is 0 Å². The van der Waals surface area contributed by atoms with Gasteiger partial charge in [-0.2, -0.15) is 0 Å². The number of aromatic nitrogens is 1. The molecular formula is C10H12N2O2. The van der Waals surface area contributed by atoms with Gasteiger partial charge < -0.3 is 9.64 Å². The number of amides is 1. The second kappa shape index (κ2) is 3.29. The van der Waals surface area contributed by atoms with Crippen molar-refractivity contribution in [1.29, 1.82) is 0 Å². The number of hydrogen-bond donors (Lipinski definition) is 0. The van der Waals surface area contributed by atoms with Gasteiger partial charge in [-0.15, -0.1) is 0 Å². The first-order valence-electron chi connectivity index (χ1n) is 4.54. The van der Waals surface area contributed by atoms with E-state index in [0.717, 1.165) is 17.1 Å². The van der Waals surface area contributed by atoms with Gasteiger partial charge in [0, 0.05) is 18.8 Å². The van der Waals surface area contributed by atoms with E-state index in [4.69, 9.17) is 4.74 Å². The summed E-state index contributed by atoms with van der Waals surface area (Å²) in [5, 5.41) is 0. The van der Waals surface area contributed by atoms with Crippen LogP contribution in [0, 0.1) is 6.92 Å². The van der Waals surface area contributed by atoms with E-state index in [9.17, 15) is 4.79 Å². The summed E-state index contributed by atoms with van der Waals surface area (Å²) in [5.74, 6) is 0.806. The summed E-state index contributed by atoms with van der Waals surface area (Å²) in [6.07, 6.45) is 2.10. The number of hydrogen-bond acceptors (Lipinski definition) is 3. The second-order valence-corrected chi connectivity index (χ2v) is 3.34. The number of carbonyl (C=O) groups is 1. The lowest BCUT2D eigenvalue weighted by Crippen LogP contribution is -2.25. The Labute approximate surface area is 82.5 Å². The van der Waals surface area contributed by atoms with E-state index in [0.29, 0.717) is 13.0 Å². The Morgan fingerprint density at radius 1 is 1.57 bits per heavy atom. The van der Waals surface area contributed by atoms with Gasteiger partial charge in [-0.05, 0) is 6.92 Å². The average molecular weight is 192 g/mol. The molecule has 0 fully saturated rings. The highest BCUT2D eigenvalue weighted by molar-refractivity contribution is 5.94. The molecule has 0 aliphatic carbocycles. The Hall–Kier alpha value is -1.58. The van der Waals surface area contributed by atoms with Crippen molar-refractivity contribution in [2.75, 3.05) is 18.6 Å². The number of pyridine rings is 1. The third kappa shape index (κ3) is 1.43. The summed E-state index contributed by atoms with van der Waals surface area (Å²) in [4.78, 5) is 17.2. The summed E-state index contributed by atoms with van der Waals surface area (Å²) < 4.78 is 5.47. The highest BCUT2D eigenvalue weighted by atomic mass is 16.5. The maximum atomic E-state index is 11.5. The van der Waals surface area contributed by atoms with Gasteiger partial charge in [-0.3, -0.25) is 9.78 Å². The van der Waals surface area contributed by atoms with Crippen molar-refractivity contribution in [2.24, 2.45) is 0 Å². The van der Waals surface area contributed by atoms with Crippen molar-refractivity contribution >= 4 is 11.6 Å². The van der Waals surface area contributed by atoms with Gasteiger partial charge in [0.05, 0.1) is 19.2 Å². The van der Waals surface area contributed by atoms with Gasteiger partial charge in [0.1, 0.15) is 11.4 Å². The number of aryl methyl sites for hydroxylation is 1. The fraction of sp³-hybridized carbons (Fsp3) is 0.400. The van der Waals surface area contributed by atoms with Gasteiger partial charge in [0.15, 0.2) is 0 Å². The molecule has 1 amide bonds. The predicted octanol–water partition coefficient (Wildman–Crippen LogP) is 1.14. The number of ether oxygens (including phenoxy) is 1. The van der Waals surface area contributed by atoms with Crippen LogP contribution in [-0.2, 0) is 4.79 Å². The van der Waals surface area contributed by atoms with Crippen LogP contribution in [0.1, 0.15) is 12.1 Å². The molecule has 14 heavy (non-hydrogen) atoms. The van der Waals surface area contributed by atoms with Gasteiger partial charge in [0.2, 0.25) is 5.91 Å². The molecule has 1 aromatic heterocycles. The largest absolute Gasteiger partial charge is 0.491 e. The Balaban J connectivity index is 2.48. The summed E-state index contributed by atoms with van der Waals surface area (Å²) in [6, 6.07) is 1.85. The number of fused-ring (bicyclic) bond motifs is 1. The fourth-order valence-corrected chi connectivity index (χ4v) is 1.45. The van der Waals surface area contributed by atoms with Gasteiger partial charge in [0.25, 0.3) is 0 Å². The van der Waals surface area contributed by atoms with E-state index in [-0.39, 0.29) is 5.91 Å². The SMILES string of the molecule is Cc1cc2c(cn1)N(C)C(=O)CCO2. The zero-order valence-electron chi connectivity index (χ0n) is 8.28. The lowest BCUT2D eigenvalue weighted by Gasteiger charge is -2.15. The fourth-order valence-electron chi connectivity index (χ4n) is 1.45. The third-order valence-electron chi connectivity index (χ3n) is 2.29. The van der Waals surface area contributed by atoms with Crippen LogP contribution >= 0.6 is 0 Å². The molecule has 0 unspecified atom stereocenters. The van der Waals surface area contributed by atoms with Crippen molar-refractivity contribution < 1.29 is 9.53 Å². The van der Waals surface area contributed by atoms with Crippen LogP contribution in [0.4, 0.5) is 5.69 Å². The molecule has 2 rings (SSSR count). The number of anilines is 1. The zero-order chi connectivity index (χ0) is 10.1. The van der Waals surface area contributed by atoms with Crippen LogP contribution in [0.3, 0.4) is 0 Å². The molecule has 4 nitrogen and oxygen atoms in total. The Morgan fingerprint density at radius 2 is 2.36 bits per heavy atom. The smallest absolute Gasteiger partial charge is 0.230 e. The third-order valence-corrected chi connectivity index (χ3v) is 2.29. The first-order valence-corrected chi connectivity index (χ1v) is 4.54. The van der Waals surface area contributed by atoms with Crippen molar-refractivity contribution in [3.8, 4) is 5.75 Å². The number of rotatable bonds is 0. The first-order chi connectivity index (χ1) is 6.68. The van der Waals surface area contributed by atoms with Crippen molar-refractivity contribution in [2.45, 2.75) is 13.3 Å². The minimum Gasteiger partial charge on any atom is -0.491 e. The summed E-state index contributed by atoms with van der Waals surface area (Å²) in [7, 11) is 1.74. The van der Waals surface area contributed by atoms with Crippen molar-refractivity contribution in [3.05, 3.63) is 18.0 Å². The Morgan fingerprint density at radius 3 is 3.14 bits per heavy atom. The van der Waals surface area contributed by atoms with Crippen LogP contribution < -0.4 is 9.64 Å². The molecule has 0 saturated heterocycles. The normalized spacial score (nSPS) is 15.9. The molecule has 4 heteroatoms. The van der Waals surface area contributed by atoms with Crippen molar-refractivity contribution in [1.82, 2.24) is 4.98 Å². The lowest BCUT2D eigenvalue weighted by molar-refractivity contribution is -0.118. The van der Waals surface area contributed by atoms with E-state index < -0.39 is 0 Å². The summed E-state index contributed by atoms with van der Waals surface area (Å²) in [6.45, 7) is 2.34. The predicted molar refractivity (Wildman–Crippen MR) is 52.5 cm³/mol. The molecule has 0 bridgehead atoms. The van der Waals surface area contributed by atoms with Crippen LogP contribution in [0.25, 0.3) is 0 Å². The maximum absolute atomic E-state index is 11.5. The lowest BCUT2D eigenvalue weighted by atomic mass is 10.3. The summed E-state index contributed by atoms with van der Waals surface area (Å²) in [5.41, 5.74) is 1.64. The number of nitrogens with zero attached hydrogens (tertiary/aromatic N) is 2. The Bertz CT molecular complexity index is 376. The van der Waals surface area contributed by atoms with Crippen LogP contribution in [0.2, 0.25) is 0 Å². The molecule has 0 saturated carbocycles. The zero-order valence-corrected chi connectivity index (χ0v) is 8.28. The highest BCUT2D eigenvalue weighted by Gasteiger charge is 2.19. The molecule has 2 heterocycles. The molecule has 0 atom stereocenters. The molecule has 0 spiro atoms. The molecule has 0 aromatic carbocycles. The van der Waals surface area contributed by atoms with Crippen LogP contribution in [-0.4, -0.2) is 24.5 Å².